The Morgan fingerprint density at radius 2 is 1.72 bits per heavy atom. The summed E-state index contributed by atoms with van der Waals surface area (Å²) in [6.45, 7) is 0. The van der Waals surface area contributed by atoms with Crippen LogP contribution in [0.25, 0.3) is 0 Å². The number of Topliss-reactive ketones (excluding diaryl/α,β-unsaturated/α-hetero) is 1. The third-order valence-corrected chi connectivity index (χ3v) is 6.82. The van der Waals surface area contributed by atoms with Gasteiger partial charge in [-0.1, -0.05) is 30.3 Å². The van der Waals surface area contributed by atoms with E-state index in [1.807, 2.05) is 60.7 Å². The van der Waals surface area contributed by atoms with Crippen LogP contribution in [0.3, 0.4) is 0 Å². The molecule has 180 valence electrons. The standard InChI is InChI=1S/C29H24N2O5/c1-34-25-11-5-2-8-19(25)28-27-21(16-18(17-23(27)32)24-12-6-14-35-24)30-20-9-3-4-10-22(20)31(28)29(33)26-13-7-15-36-26/h2-15,18,28,30H,16-17H2,1H3. The molecule has 0 fully saturated rings. The van der Waals surface area contributed by atoms with Crippen LogP contribution in [0.1, 0.15) is 46.7 Å². The lowest BCUT2D eigenvalue weighted by atomic mass is 9.79. The lowest BCUT2D eigenvalue weighted by Crippen LogP contribution is -2.38. The van der Waals surface area contributed by atoms with Gasteiger partial charge in [-0.2, -0.15) is 0 Å². The van der Waals surface area contributed by atoms with Crippen LogP contribution in [-0.4, -0.2) is 18.8 Å². The number of allylic oxidation sites excluding steroid dienone is 1. The number of rotatable bonds is 4. The summed E-state index contributed by atoms with van der Waals surface area (Å²) < 4.78 is 16.9. The fourth-order valence-electron chi connectivity index (χ4n) is 5.24. The van der Waals surface area contributed by atoms with E-state index in [4.69, 9.17) is 13.6 Å². The molecule has 2 atom stereocenters. The first-order valence-electron chi connectivity index (χ1n) is 11.8. The van der Waals surface area contributed by atoms with Crippen molar-refractivity contribution in [2.24, 2.45) is 0 Å². The number of furan rings is 2. The van der Waals surface area contributed by atoms with Crippen molar-refractivity contribution < 1.29 is 23.2 Å². The van der Waals surface area contributed by atoms with Gasteiger partial charge in [-0.05, 0) is 48.9 Å². The highest BCUT2D eigenvalue weighted by Crippen LogP contribution is 2.49. The normalized spacial score (nSPS) is 19.2. The van der Waals surface area contributed by atoms with E-state index in [1.165, 1.54) is 6.26 Å². The maximum atomic E-state index is 14.0. The van der Waals surface area contributed by atoms with E-state index < -0.39 is 6.04 Å². The van der Waals surface area contributed by atoms with Gasteiger partial charge < -0.3 is 18.9 Å². The van der Waals surface area contributed by atoms with Crippen LogP contribution < -0.4 is 15.0 Å². The number of nitrogens with one attached hydrogen (secondary N) is 1. The van der Waals surface area contributed by atoms with Crippen molar-refractivity contribution >= 4 is 23.1 Å². The maximum Gasteiger partial charge on any atom is 0.294 e. The van der Waals surface area contributed by atoms with Crippen molar-refractivity contribution in [2.45, 2.75) is 24.8 Å². The summed E-state index contributed by atoms with van der Waals surface area (Å²) >= 11 is 0. The average molecular weight is 481 g/mol. The van der Waals surface area contributed by atoms with Crippen LogP contribution in [0.5, 0.6) is 5.75 Å². The zero-order valence-corrected chi connectivity index (χ0v) is 19.6. The van der Waals surface area contributed by atoms with Crippen molar-refractivity contribution in [3.05, 3.63) is 114 Å². The van der Waals surface area contributed by atoms with E-state index >= 15 is 0 Å². The average Bonchev–Trinajstić information content (AvgIpc) is 3.61. The Morgan fingerprint density at radius 1 is 0.944 bits per heavy atom. The number of fused-ring (bicyclic) bond motifs is 1. The first-order valence-corrected chi connectivity index (χ1v) is 11.8. The lowest BCUT2D eigenvalue weighted by molar-refractivity contribution is -0.116. The Bertz CT molecular complexity index is 1450. The van der Waals surface area contributed by atoms with Crippen LogP contribution in [0.2, 0.25) is 0 Å². The van der Waals surface area contributed by atoms with Gasteiger partial charge >= 0.3 is 0 Å². The molecule has 0 spiro atoms. The molecule has 2 aromatic carbocycles. The van der Waals surface area contributed by atoms with Gasteiger partial charge in [0.25, 0.3) is 5.91 Å². The highest BCUT2D eigenvalue weighted by atomic mass is 16.5. The van der Waals surface area contributed by atoms with Crippen LogP contribution in [0, 0.1) is 0 Å². The van der Waals surface area contributed by atoms with Gasteiger partial charge in [0.1, 0.15) is 11.5 Å². The predicted octanol–water partition coefficient (Wildman–Crippen LogP) is 6.10. The van der Waals surface area contributed by atoms with Crippen LogP contribution in [0.15, 0.2) is 105 Å². The van der Waals surface area contributed by atoms with Crippen LogP contribution >= 0.6 is 0 Å². The molecule has 36 heavy (non-hydrogen) atoms. The smallest absolute Gasteiger partial charge is 0.294 e. The molecule has 2 unspecified atom stereocenters. The third-order valence-electron chi connectivity index (χ3n) is 6.82. The molecule has 0 bridgehead atoms. The molecule has 0 saturated heterocycles. The number of anilines is 2. The highest BCUT2D eigenvalue weighted by molar-refractivity contribution is 6.11. The number of benzene rings is 2. The first kappa shape index (κ1) is 22.0. The van der Waals surface area contributed by atoms with Crippen molar-refractivity contribution in [3.8, 4) is 5.75 Å². The van der Waals surface area contributed by atoms with E-state index in [9.17, 15) is 9.59 Å². The Kier molecular flexibility index (Phi) is 5.45. The SMILES string of the molecule is COc1ccccc1C1C2=C(CC(c3ccco3)CC2=O)Nc2ccccc2N1C(=O)c1ccco1. The minimum Gasteiger partial charge on any atom is -0.496 e. The molecule has 0 radical (unpaired) electrons. The van der Waals surface area contributed by atoms with Crippen molar-refractivity contribution in [1.29, 1.82) is 0 Å². The quantitative estimate of drug-likeness (QED) is 0.380. The van der Waals surface area contributed by atoms with Crippen LogP contribution in [0.4, 0.5) is 11.4 Å². The van der Waals surface area contributed by atoms with Crippen molar-refractivity contribution in [2.75, 3.05) is 17.3 Å². The predicted molar refractivity (Wildman–Crippen MR) is 134 cm³/mol. The number of amides is 1. The Balaban J connectivity index is 1.60. The number of para-hydroxylation sites is 3. The summed E-state index contributed by atoms with van der Waals surface area (Å²) in [5, 5.41) is 3.50. The van der Waals surface area contributed by atoms with Gasteiger partial charge in [0, 0.05) is 29.2 Å². The number of hydrogen-bond acceptors (Lipinski definition) is 6. The molecule has 3 heterocycles. The van der Waals surface area contributed by atoms with Gasteiger partial charge in [-0.15, -0.1) is 0 Å². The molecule has 7 nitrogen and oxygen atoms in total. The molecule has 7 heteroatoms. The number of nitrogens with zero attached hydrogens (tertiary/aromatic N) is 1. The fourth-order valence-corrected chi connectivity index (χ4v) is 5.24. The lowest BCUT2D eigenvalue weighted by Gasteiger charge is -2.35. The molecule has 1 N–H and O–H groups in total. The van der Waals surface area contributed by atoms with Gasteiger partial charge in [0.2, 0.25) is 0 Å². The monoisotopic (exact) mass is 480 g/mol. The zero-order valence-electron chi connectivity index (χ0n) is 19.6. The third kappa shape index (κ3) is 3.60. The largest absolute Gasteiger partial charge is 0.496 e. The molecule has 0 saturated carbocycles. The molecule has 4 aromatic rings. The molecule has 1 aliphatic heterocycles. The van der Waals surface area contributed by atoms with E-state index in [1.54, 1.807) is 30.4 Å². The number of ketones is 1. The summed E-state index contributed by atoms with van der Waals surface area (Å²) in [5.74, 6) is 1.05. The van der Waals surface area contributed by atoms with Crippen LogP contribution in [-0.2, 0) is 4.79 Å². The second kappa shape index (κ2) is 8.92. The second-order valence-corrected chi connectivity index (χ2v) is 8.88. The molecule has 1 amide bonds. The minimum atomic E-state index is -0.727. The van der Waals surface area contributed by atoms with Gasteiger partial charge in [0.15, 0.2) is 11.5 Å². The molecule has 2 aromatic heterocycles. The van der Waals surface area contributed by atoms with E-state index in [2.05, 4.69) is 5.32 Å². The molecular formula is C29H24N2O5. The molecule has 6 rings (SSSR count). The summed E-state index contributed by atoms with van der Waals surface area (Å²) in [6, 6.07) is 21.4. The Labute approximate surface area is 208 Å². The van der Waals surface area contributed by atoms with Gasteiger partial charge in [-0.3, -0.25) is 14.5 Å². The summed E-state index contributed by atoms with van der Waals surface area (Å²) in [4.78, 5) is 29.6. The Morgan fingerprint density at radius 3 is 2.50 bits per heavy atom. The first-order chi connectivity index (χ1) is 17.7. The summed E-state index contributed by atoms with van der Waals surface area (Å²) in [6.07, 6.45) is 3.94. The minimum absolute atomic E-state index is 0.0499. The van der Waals surface area contributed by atoms with Gasteiger partial charge in [0.05, 0.1) is 37.1 Å². The van der Waals surface area contributed by atoms with E-state index in [-0.39, 0.29) is 29.8 Å². The maximum absolute atomic E-state index is 14.0. The molecule has 2 aliphatic rings. The number of carbonyl (C=O) groups excluding carboxylic acids is 2. The summed E-state index contributed by atoms with van der Waals surface area (Å²) in [5.41, 5.74) is 3.40. The van der Waals surface area contributed by atoms with Gasteiger partial charge in [-0.25, -0.2) is 0 Å². The number of methoxy groups -OCH3 is 1. The van der Waals surface area contributed by atoms with E-state index in [0.717, 1.165) is 22.7 Å². The fraction of sp³-hybridized carbons (Fsp3) is 0.172. The highest BCUT2D eigenvalue weighted by Gasteiger charge is 2.43. The molecular weight excluding hydrogens is 456 g/mol. The number of hydrogen-bond donors (Lipinski definition) is 1. The second-order valence-electron chi connectivity index (χ2n) is 8.88. The summed E-state index contributed by atoms with van der Waals surface area (Å²) in [7, 11) is 1.59. The van der Waals surface area contributed by atoms with Crippen molar-refractivity contribution in [3.63, 3.8) is 0 Å². The van der Waals surface area contributed by atoms with Crippen molar-refractivity contribution in [1.82, 2.24) is 0 Å². The van der Waals surface area contributed by atoms with E-state index in [0.29, 0.717) is 23.4 Å². The topological polar surface area (TPSA) is 84.9 Å². The number of carbonyl (C=O) groups is 2. The number of ether oxygens (including phenoxy) is 1. The zero-order chi connectivity index (χ0) is 24.6. The Hall–Kier alpha value is -4.52. The molecule has 1 aliphatic carbocycles.